The van der Waals surface area contributed by atoms with Crippen molar-refractivity contribution in [2.24, 2.45) is 17.6 Å². The molecule has 0 aliphatic rings. The first kappa shape index (κ1) is 14.6. The van der Waals surface area contributed by atoms with Gasteiger partial charge in [-0.2, -0.15) is 0 Å². The van der Waals surface area contributed by atoms with Crippen molar-refractivity contribution in [2.75, 3.05) is 13.6 Å². The quantitative estimate of drug-likeness (QED) is 0.871. The molecule has 4 heteroatoms. The van der Waals surface area contributed by atoms with E-state index in [4.69, 9.17) is 5.73 Å². The van der Waals surface area contributed by atoms with Gasteiger partial charge in [0, 0.05) is 20.1 Å². The molecule has 0 saturated heterocycles. The molecule has 0 saturated carbocycles. The molecule has 0 aliphatic carbocycles. The van der Waals surface area contributed by atoms with Crippen molar-refractivity contribution in [3.8, 4) is 0 Å². The third-order valence-corrected chi connectivity index (χ3v) is 3.06. The van der Waals surface area contributed by atoms with Crippen molar-refractivity contribution < 1.29 is 9.18 Å². The first-order valence-corrected chi connectivity index (χ1v) is 6.15. The van der Waals surface area contributed by atoms with Gasteiger partial charge < -0.3 is 10.6 Å². The van der Waals surface area contributed by atoms with E-state index in [9.17, 15) is 9.18 Å². The maximum absolute atomic E-state index is 13.0. The van der Waals surface area contributed by atoms with Gasteiger partial charge in [-0.25, -0.2) is 4.39 Å². The molecule has 1 aromatic carbocycles. The van der Waals surface area contributed by atoms with Crippen LogP contribution in [0, 0.1) is 17.7 Å². The lowest BCUT2D eigenvalue weighted by atomic mass is 9.94. The van der Waals surface area contributed by atoms with Crippen LogP contribution in [0.15, 0.2) is 24.3 Å². The number of carbonyl (C=O) groups is 1. The molecule has 0 heterocycles. The average molecular weight is 252 g/mol. The highest BCUT2D eigenvalue weighted by Gasteiger charge is 2.23. The molecule has 0 bridgehead atoms. The molecule has 100 valence electrons. The molecule has 1 amide bonds. The number of hydrogen-bond acceptors (Lipinski definition) is 2. The summed E-state index contributed by atoms with van der Waals surface area (Å²) in [5, 5.41) is 0. The fourth-order valence-electron chi connectivity index (χ4n) is 1.93. The summed E-state index contributed by atoms with van der Waals surface area (Å²) in [5.41, 5.74) is 6.41. The zero-order chi connectivity index (χ0) is 13.7. The highest BCUT2D eigenvalue weighted by Crippen LogP contribution is 2.14. The van der Waals surface area contributed by atoms with Crippen LogP contribution in [0.5, 0.6) is 0 Å². The second-order valence-electron chi connectivity index (χ2n) is 4.91. The Morgan fingerprint density at radius 2 is 2.11 bits per heavy atom. The van der Waals surface area contributed by atoms with E-state index >= 15 is 0 Å². The normalized spacial score (nSPS) is 12.6. The van der Waals surface area contributed by atoms with E-state index in [-0.39, 0.29) is 23.6 Å². The largest absolute Gasteiger partial charge is 0.341 e. The monoisotopic (exact) mass is 252 g/mol. The van der Waals surface area contributed by atoms with Crippen LogP contribution >= 0.6 is 0 Å². The van der Waals surface area contributed by atoms with Gasteiger partial charge in [0.2, 0.25) is 5.91 Å². The molecule has 0 fully saturated rings. The molecule has 0 radical (unpaired) electrons. The van der Waals surface area contributed by atoms with E-state index in [1.807, 2.05) is 13.8 Å². The Kier molecular flexibility index (Phi) is 5.28. The minimum atomic E-state index is -0.285. The topological polar surface area (TPSA) is 46.3 Å². The zero-order valence-electron chi connectivity index (χ0n) is 11.2. The molecule has 18 heavy (non-hydrogen) atoms. The van der Waals surface area contributed by atoms with Gasteiger partial charge >= 0.3 is 0 Å². The molecule has 1 unspecified atom stereocenters. The van der Waals surface area contributed by atoms with Gasteiger partial charge in [0.1, 0.15) is 5.82 Å². The first-order valence-electron chi connectivity index (χ1n) is 6.15. The Labute approximate surface area is 108 Å². The number of benzene rings is 1. The summed E-state index contributed by atoms with van der Waals surface area (Å²) in [6.45, 7) is 4.70. The second kappa shape index (κ2) is 6.50. The molecule has 0 spiro atoms. The van der Waals surface area contributed by atoms with E-state index in [1.165, 1.54) is 12.1 Å². The predicted molar refractivity (Wildman–Crippen MR) is 70.3 cm³/mol. The van der Waals surface area contributed by atoms with E-state index in [1.54, 1.807) is 24.1 Å². The Morgan fingerprint density at radius 3 is 2.61 bits per heavy atom. The van der Waals surface area contributed by atoms with Crippen molar-refractivity contribution in [3.05, 3.63) is 35.6 Å². The standard InChI is InChI=1S/C14H21FN2O/c1-10(2)13(8-16)14(18)17(3)9-11-5-4-6-12(15)7-11/h4-7,10,13H,8-9,16H2,1-3H3. The Balaban J connectivity index is 2.70. The molecule has 1 atom stereocenters. The summed E-state index contributed by atoms with van der Waals surface area (Å²) in [6.07, 6.45) is 0. The van der Waals surface area contributed by atoms with Crippen molar-refractivity contribution in [3.63, 3.8) is 0 Å². The van der Waals surface area contributed by atoms with Crippen LogP contribution in [0.2, 0.25) is 0 Å². The minimum absolute atomic E-state index is 0.0109. The third kappa shape index (κ3) is 3.81. The van der Waals surface area contributed by atoms with Crippen LogP contribution < -0.4 is 5.73 Å². The summed E-state index contributed by atoms with van der Waals surface area (Å²) in [4.78, 5) is 13.8. The SMILES string of the molecule is CC(C)C(CN)C(=O)N(C)Cc1cccc(F)c1. The highest BCUT2D eigenvalue weighted by molar-refractivity contribution is 5.79. The lowest BCUT2D eigenvalue weighted by Gasteiger charge is -2.25. The molecular weight excluding hydrogens is 231 g/mol. The Morgan fingerprint density at radius 1 is 1.44 bits per heavy atom. The van der Waals surface area contributed by atoms with Crippen LogP contribution in [0.25, 0.3) is 0 Å². The summed E-state index contributed by atoms with van der Waals surface area (Å²) >= 11 is 0. The lowest BCUT2D eigenvalue weighted by Crippen LogP contribution is -2.38. The Hall–Kier alpha value is -1.42. The number of amides is 1. The molecule has 1 rings (SSSR count). The van der Waals surface area contributed by atoms with E-state index < -0.39 is 0 Å². The smallest absolute Gasteiger partial charge is 0.227 e. The van der Waals surface area contributed by atoms with Crippen LogP contribution in [0.4, 0.5) is 4.39 Å². The number of rotatable bonds is 5. The summed E-state index contributed by atoms with van der Waals surface area (Å²) in [7, 11) is 1.72. The van der Waals surface area contributed by atoms with Crippen LogP contribution in [-0.4, -0.2) is 24.4 Å². The highest BCUT2D eigenvalue weighted by atomic mass is 19.1. The van der Waals surface area contributed by atoms with Gasteiger partial charge in [-0.15, -0.1) is 0 Å². The van der Waals surface area contributed by atoms with Crippen molar-refractivity contribution in [1.29, 1.82) is 0 Å². The number of hydrogen-bond donors (Lipinski definition) is 1. The van der Waals surface area contributed by atoms with Crippen molar-refractivity contribution >= 4 is 5.91 Å². The molecule has 2 N–H and O–H groups in total. The van der Waals surface area contributed by atoms with Gasteiger partial charge in [-0.05, 0) is 23.6 Å². The van der Waals surface area contributed by atoms with Gasteiger partial charge in [-0.3, -0.25) is 4.79 Å². The molecule has 0 aliphatic heterocycles. The molecule has 0 aromatic heterocycles. The predicted octanol–water partition coefficient (Wildman–Crippen LogP) is 2.01. The lowest BCUT2D eigenvalue weighted by molar-refractivity contribution is -0.135. The van der Waals surface area contributed by atoms with Crippen LogP contribution in [0.3, 0.4) is 0 Å². The van der Waals surface area contributed by atoms with Crippen molar-refractivity contribution in [1.82, 2.24) is 4.90 Å². The number of nitrogens with zero attached hydrogens (tertiary/aromatic N) is 1. The summed E-state index contributed by atoms with van der Waals surface area (Å²) < 4.78 is 13.0. The van der Waals surface area contributed by atoms with Crippen LogP contribution in [-0.2, 0) is 11.3 Å². The third-order valence-electron chi connectivity index (χ3n) is 3.06. The molecule has 1 aromatic rings. The van der Waals surface area contributed by atoms with Gasteiger partial charge in [0.25, 0.3) is 0 Å². The average Bonchev–Trinajstić information content (AvgIpc) is 2.29. The number of nitrogens with two attached hydrogens (primary N) is 1. The number of halogens is 1. The van der Waals surface area contributed by atoms with E-state index in [0.29, 0.717) is 13.1 Å². The van der Waals surface area contributed by atoms with Crippen LogP contribution in [0.1, 0.15) is 19.4 Å². The minimum Gasteiger partial charge on any atom is -0.341 e. The van der Waals surface area contributed by atoms with Gasteiger partial charge in [0.15, 0.2) is 0 Å². The van der Waals surface area contributed by atoms with E-state index in [2.05, 4.69) is 0 Å². The molecular formula is C14H21FN2O. The maximum atomic E-state index is 13.0. The maximum Gasteiger partial charge on any atom is 0.227 e. The summed E-state index contributed by atoms with van der Waals surface area (Å²) in [6, 6.07) is 6.28. The van der Waals surface area contributed by atoms with Gasteiger partial charge in [-0.1, -0.05) is 26.0 Å². The zero-order valence-corrected chi connectivity index (χ0v) is 11.2. The van der Waals surface area contributed by atoms with Crippen molar-refractivity contribution in [2.45, 2.75) is 20.4 Å². The van der Waals surface area contributed by atoms with Gasteiger partial charge in [0.05, 0.1) is 5.92 Å². The second-order valence-corrected chi connectivity index (χ2v) is 4.91. The van der Waals surface area contributed by atoms with E-state index in [0.717, 1.165) is 5.56 Å². The first-order chi connectivity index (χ1) is 8.45. The molecule has 3 nitrogen and oxygen atoms in total. The fourth-order valence-corrected chi connectivity index (χ4v) is 1.93. The fraction of sp³-hybridized carbons (Fsp3) is 0.500. The summed E-state index contributed by atoms with van der Waals surface area (Å²) in [5.74, 6) is -0.245. The Bertz CT molecular complexity index is 407. The number of carbonyl (C=O) groups excluding carboxylic acids is 1.